The molecule has 1 aliphatic heterocycles. The van der Waals surface area contributed by atoms with E-state index >= 15 is 0 Å². The number of hydrogen-bond acceptors (Lipinski definition) is 5. The number of rotatable bonds is 1. The second-order valence-corrected chi connectivity index (χ2v) is 7.11. The molecule has 2 aromatic heterocycles. The van der Waals surface area contributed by atoms with Gasteiger partial charge in [-0.3, -0.25) is 4.79 Å². The number of aromatic nitrogens is 2. The van der Waals surface area contributed by atoms with Crippen LogP contribution in [0.5, 0.6) is 0 Å². The lowest BCUT2D eigenvalue weighted by Crippen LogP contribution is -2.48. The van der Waals surface area contributed by atoms with Crippen LogP contribution >= 0.6 is 11.3 Å². The molecule has 1 amide bonds. The van der Waals surface area contributed by atoms with E-state index in [0.717, 1.165) is 16.8 Å². The molecule has 0 spiro atoms. The first-order valence-corrected chi connectivity index (χ1v) is 8.11. The van der Waals surface area contributed by atoms with Gasteiger partial charge in [0.15, 0.2) is 0 Å². The molecule has 0 saturated carbocycles. The van der Waals surface area contributed by atoms with Crippen molar-refractivity contribution in [1.29, 1.82) is 0 Å². The number of fused-ring (bicyclic) bond motifs is 1. The van der Waals surface area contributed by atoms with Crippen molar-refractivity contribution in [3.63, 3.8) is 0 Å². The second kappa shape index (κ2) is 5.26. The van der Waals surface area contributed by atoms with Gasteiger partial charge in [0.05, 0.1) is 11.9 Å². The maximum atomic E-state index is 12.9. The van der Waals surface area contributed by atoms with Gasteiger partial charge in [0, 0.05) is 18.0 Å². The van der Waals surface area contributed by atoms with E-state index in [0.29, 0.717) is 22.4 Å². The van der Waals surface area contributed by atoms with Gasteiger partial charge in [-0.2, -0.15) is 5.10 Å². The SMILES string of the molecule is CC1CC(C)C(C)N(C(=O)c2sc3nnccc3c2N)C1. The molecule has 0 aliphatic carbocycles. The fraction of sp³-hybridized carbons (Fsp3) is 0.533. The third-order valence-corrected chi connectivity index (χ3v) is 5.57. The van der Waals surface area contributed by atoms with Gasteiger partial charge in [0.25, 0.3) is 5.91 Å². The van der Waals surface area contributed by atoms with Crippen molar-refractivity contribution >= 4 is 33.1 Å². The minimum atomic E-state index is 0.0291. The fourth-order valence-electron chi connectivity index (χ4n) is 3.15. The van der Waals surface area contributed by atoms with Gasteiger partial charge in [-0.25, -0.2) is 0 Å². The summed E-state index contributed by atoms with van der Waals surface area (Å²) >= 11 is 1.34. The molecule has 3 unspecified atom stereocenters. The van der Waals surface area contributed by atoms with Crippen molar-refractivity contribution in [2.75, 3.05) is 12.3 Å². The Hall–Kier alpha value is -1.69. The lowest BCUT2D eigenvalue weighted by Gasteiger charge is -2.41. The number of likely N-dealkylation sites (tertiary alicyclic amines) is 1. The quantitative estimate of drug-likeness (QED) is 0.879. The van der Waals surface area contributed by atoms with Crippen molar-refractivity contribution in [3.8, 4) is 0 Å². The molecule has 1 saturated heterocycles. The number of thiophene rings is 1. The maximum Gasteiger partial charge on any atom is 0.266 e. The van der Waals surface area contributed by atoms with Gasteiger partial charge < -0.3 is 10.6 Å². The number of nitrogens with zero attached hydrogens (tertiary/aromatic N) is 3. The molecule has 3 heterocycles. The largest absolute Gasteiger partial charge is 0.397 e. The van der Waals surface area contributed by atoms with Gasteiger partial charge in [0.1, 0.15) is 9.71 Å². The Morgan fingerprint density at radius 1 is 1.43 bits per heavy atom. The van der Waals surface area contributed by atoms with Crippen molar-refractivity contribution < 1.29 is 4.79 Å². The standard InChI is InChI=1S/C15H20N4OS/c1-8-6-9(2)10(3)19(7-8)15(20)13-12(16)11-4-5-17-18-14(11)21-13/h4-5,8-10H,6-7,16H2,1-3H3. The summed E-state index contributed by atoms with van der Waals surface area (Å²) in [4.78, 5) is 16.2. The first kappa shape index (κ1) is 14.3. The summed E-state index contributed by atoms with van der Waals surface area (Å²) in [6, 6.07) is 2.06. The summed E-state index contributed by atoms with van der Waals surface area (Å²) in [7, 11) is 0. The Bertz CT molecular complexity index is 683. The predicted molar refractivity (Wildman–Crippen MR) is 85.3 cm³/mol. The maximum absolute atomic E-state index is 12.9. The smallest absolute Gasteiger partial charge is 0.266 e. The number of nitrogen functional groups attached to an aromatic ring is 1. The molecule has 1 fully saturated rings. The number of amides is 1. The molecule has 0 aromatic carbocycles. The Morgan fingerprint density at radius 2 is 2.19 bits per heavy atom. The molecule has 0 bridgehead atoms. The highest BCUT2D eigenvalue weighted by atomic mass is 32.1. The van der Waals surface area contributed by atoms with Crippen molar-refractivity contribution in [2.45, 2.75) is 33.2 Å². The monoisotopic (exact) mass is 304 g/mol. The molecule has 1 aliphatic rings. The minimum Gasteiger partial charge on any atom is -0.397 e. The van der Waals surface area contributed by atoms with Crippen LogP contribution in [0.2, 0.25) is 0 Å². The number of carbonyl (C=O) groups is 1. The summed E-state index contributed by atoms with van der Waals surface area (Å²) in [6.45, 7) is 7.32. The summed E-state index contributed by atoms with van der Waals surface area (Å²) in [5.41, 5.74) is 6.69. The zero-order valence-electron chi connectivity index (χ0n) is 12.5. The highest BCUT2D eigenvalue weighted by Crippen LogP contribution is 2.35. The van der Waals surface area contributed by atoms with E-state index in [-0.39, 0.29) is 11.9 Å². The van der Waals surface area contributed by atoms with Gasteiger partial charge >= 0.3 is 0 Å². The average Bonchev–Trinajstić information content (AvgIpc) is 2.80. The minimum absolute atomic E-state index is 0.0291. The number of anilines is 1. The highest BCUT2D eigenvalue weighted by Gasteiger charge is 2.34. The average molecular weight is 304 g/mol. The number of carbonyl (C=O) groups excluding carboxylic acids is 1. The van der Waals surface area contributed by atoms with Gasteiger partial charge in [0.2, 0.25) is 0 Å². The van der Waals surface area contributed by atoms with Crippen LogP contribution in [0.4, 0.5) is 5.69 Å². The summed E-state index contributed by atoms with van der Waals surface area (Å²) in [5, 5.41) is 8.74. The Balaban J connectivity index is 1.98. The van der Waals surface area contributed by atoms with E-state index in [1.54, 1.807) is 6.20 Å². The molecule has 6 heteroatoms. The van der Waals surface area contributed by atoms with Gasteiger partial charge in [-0.05, 0) is 31.2 Å². The van der Waals surface area contributed by atoms with Crippen LogP contribution in [0.25, 0.3) is 10.2 Å². The Morgan fingerprint density at radius 3 is 2.90 bits per heavy atom. The molecular weight excluding hydrogens is 284 g/mol. The van der Waals surface area contributed by atoms with Crippen molar-refractivity contribution in [2.24, 2.45) is 11.8 Å². The first-order chi connectivity index (χ1) is 9.99. The third-order valence-electron chi connectivity index (χ3n) is 4.47. The van der Waals surface area contributed by atoms with Crippen molar-refractivity contribution in [1.82, 2.24) is 15.1 Å². The van der Waals surface area contributed by atoms with Crippen LogP contribution in [0.3, 0.4) is 0 Å². The van der Waals surface area contributed by atoms with Crippen molar-refractivity contribution in [3.05, 3.63) is 17.1 Å². The Labute approximate surface area is 128 Å². The van der Waals surface area contributed by atoms with Gasteiger partial charge in [-0.1, -0.05) is 13.8 Å². The molecule has 2 aromatic rings. The predicted octanol–water partition coefficient (Wildman–Crippen LogP) is 2.78. The highest BCUT2D eigenvalue weighted by molar-refractivity contribution is 7.21. The van der Waals surface area contributed by atoms with Crippen LogP contribution in [0.15, 0.2) is 12.3 Å². The molecule has 0 radical (unpaired) electrons. The molecule has 3 atom stereocenters. The first-order valence-electron chi connectivity index (χ1n) is 7.29. The third kappa shape index (κ3) is 2.37. The second-order valence-electron chi connectivity index (χ2n) is 6.11. The number of nitrogens with two attached hydrogens (primary N) is 1. The lowest BCUT2D eigenvalue weighted by molar-refractivity contribution is 0.0461. The summed E-state index contributed by atoms with van der Waals surface area (Å²) in [6.07, 6.45) is 2.77. The summed E-state index contributed by atoms with van der Waals surface area (Å²) < 4.78 is 0. The zero-order chi connectivity index (χ0) is 15.1. The normalized spacial score (nSPS) is 26.2. The lowest BCUT2D eigenvalue weighted by atomic mass is 9.86. The number of hydrogen-bond donors (Lipinski definition) is 1. The molecular formula is C15H20N4OS. The van der Waals surface area contributed by atoms with E-state index in [1.165, 1.54) is 17.8 Å². The zero-order valence-corrected chi connectivity index (χ0v) is 13.4. The fourth-order valence-corrected chi connectivity index (χ4v) is 4.14. The van der Waals surface area contributed by atoms with Crippen LogP contribution in [0.1, 0.15) is 36.9 Å². The molecule has 3 rings (SSSR count). The molecule has 5 nitrogen and oxygen atoms in total. The van der Waals surface area contributed by atoms with E-state index in [9.17, 15) is 4.79 Å². The van der Waals surface area contributed by atoms with E-state index in [2.05, 4.69) is 31.0 Å². The van der Waals surface area contributed by atoms with Crippen LogP contribution in [-0.2, 0) is 0 Å². The van der Waals surface area contributed by atoms with Crippen LogP contribution in [0, 0.1) is 11.8 Å². The van der Waals surface area contributed by atoms with Gasteiger partial charge in [-0.15, -0.1) is 16.4 Å². The molecule has 21 heavy (non-hydrogen) atoms. The number of piperidine rings is 1. The molecule has 112 valence electrons. The summed E-state index contributed by atoms with van der Waals surface area (Å²) in [5.74, 6) is 1.06. The van der Waals surface area contributed by atoms with Crippen LogP contribution in [-0.4, -0.2) is 33.6 Å². The van der Waals surface area contributed by atoms with Crippen LogP contribution < -0.4 is 5.73 Å². The Kier molecular flexibility index (Phi) is 3.57. The van der Waals surface area contributed by atoms with E-state index in [1.807, 2.05) is 11.0 Å². The van der Waals surface area contributed by atoms with E-state index < -0.39 is 0 Å². The topological polar surface area (TPSA) is 72.1 Å². The molecule has 2 N–H and O–H groups in total. The van der Waals surface area contributed by atoms with E-state index in [4.69, 9.17) is 5.73 Å².